The number of benzene rings is 3. The molecule has 186 valence electrons. The molecule has 4 rings (SSSR count). The lowest BCUT2D eigenvalue weighted by atomic mass is 9.95. The normalized spacial score (nSPS) is 16.4. The standard InChI is InChI=1S/C28H34ClN3O2S/c1-30(35(33,34)28-13-6-3-7-14-28)23-26(25-11-8-12-27(29)21-25)15-16-31-17-19-32(20-18-31)22-24-9-4-2-5-10-24/h2-14,21,26H,15-20,22-23H2,1H3. The molecule has 0 radical (unpaired) electrons. The molecule has 0 N–H and O–H groups in total. The van der Waals surface area contributed by atoms with Gasteiger partial charge in [0.15, 0.2) is 0 Å². The van der Waals surface area contributed by atoms with Crippen LogP contribution in [0.5, 0.6) is 0 Å². The van der Waals surface area contributed by atoms with Gasteiger partial charge >= 0.3 is 0 Å². The topological polar surface area (TPSA) is 43.9 Å². The van der Waals surface area contributed by atoms with Crippen molar-refractivity contribution in [2.75, 3.05) is 46.3 Å². The van der Waals surface area contributed by atoms with Crippen LogP contribution in [0.1, 0.15) is 23.5 Å². The van der Waals surface area contributed by atoms with Crippen molar-refractivity contribution in [3.05, 3.63) is 101 Å². The molecule has 1 heterocycles. The SMILES string of the molecule is CN(CC(CCN1CCN(Cc2ccccc2)CC1)c1cccc(Cl)c1)S(=O)(=O)c1ccccc1. The number of piperazine rings is 1. The Hall–Kier alpha value is -2.22. The molecule has 0 aromatic heterocycles. The smallest absolute Gasteiger partial charge is 0.242 e. The first-order valence-electron chi connectivity index (χ1n) is 12.2. The van der Waals surface area contributed by atoms with Gasteiger partial charge in [0, 0.05) is 51.3 Å². The summed E-state index contributed by atoms with van der Waals surface area (Å²) in [6.07, 6.45) is 0.869. The first-order chi connectivity index (χ1) is 16.9. The number of likely N-dealkylation sites (N-methyl/N-ethyl adjacent to an activating group) is 1. The molecule has 5 nitrogen and oxygen atoms in total. The van der Waals surface area contributed by atoms with Crippen LogP contribution in [0.4, 0.5) is 0 Å². The molecule has 1 fully saturated rings. The number of halogens is 1. The zero-order valence-electron chi connectivity index (χ0n) is 20.3. The van der Waals surface area contributed by atoms with Crippen molar-refractivity contribution in [3.8, 4) is 0 Å². The average molecular weight is 512 g/mol. The first kappa shape index (κ1) is 25.9. The number of hydrogen-bond acceptors (Lipinski definition) is 4. The quantitative estimate of drug-likeness (QED) is 0.386. The van der Waals surface area contributed by atoms with Crippen LogP contribution in [0.15, 0.2) is 89.8 Å². The summed E-state index contributed by atoms with van der Waals surface area (Å²) >= 11 is 6.29. The van der Waals surface area contributed by atoms with Crippen molar-refractivity contribution in [2.45, 2.75) is 23.8 Å². The Bertz CT molecular complexity index is 1170. The van der Waals surface area contributed by atoms with Crippen LogP contribution in [0, 0.1) is 0 Å². The number of rotatable bonds is 10. The van der Waals surface area contributed by atoms with Crippen molar-refractivity contribution in [1.29, 1.82) is 0 Å². The van der Waals surface area contributed by atoms with E-state index < -0.39 is 10.0 Å². The fourth-order valence-electron chi connectivity index (χ4n) is 4.66. The monoisotopic (exact) mass is 511 g/mol. The summed E-state index contributed by atoms with van der Waals surface area (Å²) < 4.78 is 27.8. The summed E-state index contributed by atoms with van der Waals surface area (Å²) in [7, 11) is -1.88. The molecule has 0 saturated carbocycles. The maximum absolute atomic E-state index is 13.1. The number of sulfonamides is 1. The summed E-state index contributed by atoms with van der Waals surface area (Å²) in [6, 6.07) is 27.1. The highest BCUT2D eigenvalue weighted by Gasteiger charge is 2.26. The van der Waals surface area contributed by atoms with Gasteiger partial charge in [0.2, 0.25) is 10.0 Å². The van der Waals surface area contributed by atoms with Crippen molar-refractivity contribution >= 4 is 21.6 Å². The molecule has 35 heavy (non-hydrogen) atoms. The van der Waals surface area contributed by atoms with Crippen LogP contribution < -0.4 is 0 Å². The molecule has 1 aliphatic heterocycles. The highest BCUT2D eigenvalue weighted by atomic mass is 35.5. The summed E-state index contributed by atoms with van der Waals surface area (Å²) in [5.74, 6) is 0.0551. The van der Waals surface area contributed by atoms with Gasteiger partial charge in [-0.2, -0.15) is 0 Å². The molecular weight excluding hydrogens is 478 g/mol. The van der Waals surface area contributed by atoms with Gasteiger partial charge < -0.3 is 4.90 Å². The van der Waals surface area contributed by atoms with Crippen LogP contribution in [-0.2, 0) is 16.6 Å². The van der Waals surface area contributed by atoms with Crippen LogP contribution in [0.25, 0.3) is 0 Å². The molecule has 0 spiro atoms. The summed E-state index contributed by atoms with van der Waals surface area (Å²) in [6.45, 7) is 6.45. The minimum atomic E-state index is -3.55. The van der Waals surface area contributed by atoms with Crippen molar-refractivity contribution in [3.63, 3.8) is 0 Å². The van der Waals surface area contributed by atoms with E-state index in [1.165, 1.54) is 9.87 Å². The molecule has 1 saturated heterocycles. The Kier molecular flexibility index (Phi) is 8.98. The highest BCUT2D eigenvalue weighted by Crippen LogP contribution is 2.26. The van der Waals surface area contributed by atoms with Gasteiger partial charge in [0.1, 0.15) is 0 Å². The number of hydrogen-bond donors (Lipinski definition) is 0. The van der Waals surface area contributed by atoms with Crippen molar-refractivity contribution in [1.82, 2.24) is 14.1 Å². The lowest BCUT2D eigenvalue weighted by molar-refractivity contribution is 0.123. The zero-order chi connectivity index (χ0) is 24.7. The van der Waals surface area contributed by atoms with Gasteiger partial charge in [0.25, 0.3) is 0 Å². The molecular formula is C28H34ClN3O2S. The van der Waals surface area contributed by atoms with Crippen LogP contribution in [0.2, 0.25) is 5.02 Å². The van der Waals surface area contributed by atoms with Crippen LogP contribution >= 0.6 is 11.6 Å². The van der Waals surface area contributed by atoms with Gasteiger partial charge in [0.05, 0.1) is 4.90 Å². The van der Waals surface area contributed by atoms with E-state index in [1.807, 2.05) is 24.3 Å². The molecule has 0 amide bonds. The van der Waals surface area contributed by atoms with Gasteiger partial charge in [-0.1, -0.05) is 72.3 Å². The van der Waals surface area contributed by atoms with Crippen LogP contribution in [-0.4, -0.2) is 68.8 Å². The highest BCUT2D eigenvalue weighted by molar-refractivity contribution is 7.89. The molecule has 1 unspecified atom stereocenters. The van der Waals surface area contributed by atoms with E-state index in [0.29, 0.717) is 16.5 Å². The summed E-state index contributed by atoms with van der Waals surface area (Å²) in [5.41, 5.74) is 2.43. The van der Waals surface area contributed by atoms with E-state index in [1.54, 1.807) is 31.3 Å². The van der Waals surface area contributed by atoms with Crippen molar-refractivity contribution in [2.24, 2.45) is 0 Å². The molecule has 3 aromatic carbocycles. The first-order valence-corrected chi connectivity index (χ1v) is 14.0. The van der Waals surface area contributed by atoms with E-state index in [4.69, 9.17) is 11.6 Å². The van der Waals surface area contributed by atoms with E-state index in [2.05, 4.69) is 46.2 Å². The Morgan fingerprint density at radius 3 is 2.14 bits per heavy atom. The fourth-order valence-corrected chi connectivity index (χ4v) is 6.09. The molecule has 1 aliphatic rings. The summed E-state index contributed by atoms with van der Waals surface area (Å²) in [5, 5.41) is 0.676. The molecule has 7 heteroatoms. The van der Waals surface area contributed by atoms with Crippen molar-refractivity contribution < 1.29 is 8.42 Å². The third kappa shape index (κ3) is 7.15. The van der Waals surface area contributed by atoms with E-state index in [-0.39, 0.29) is 5.92 Å². The van der Waals surface area contributed by atoms with Gasteiger partial charge in [-0.05, 0) is 54.3 Å². The molecule has 0 bridgehead atoms. The summed E-state index contributed by atoms with van der Waals surface area (Å²) in [4.78, 5) is 5.31. The van der Waals surface area contributed by atoms with Crippen LogP contribution in [0.3, 0.4) is 0 Å². The lowest BCUT2D eigenvalue weighted by Crippen LogP contribution is -2.46. The Morgan fingerprint density at radius 2 is 1.49 bits per heavy atom. The van der Waals surface area contributed by atoms with E-state index in [9.17, 15) is 8.42 Å². The Balaban J connectivity index is 1.38. The second-order valence-corrected chi connectivity index (χ2v) is 11.7. The van der Waals surface area contributed by atoms with Gasteiger partial charge in [-0.25, -0.2) is 12.7 Å². The minimum absolute atomic E-state index is 0.0551. The minimum Gasteiger partial charge on any atom is -0.301 e. The third-order valence-corrected chi connectivity index (χ3v) is 8.83. The van der Waals surface area contributed by atoms with Gasteiger partial charge in [-0.15, -0.1) is 0 Å². The Morgan fingerprint density at radius 1 is 0.857 bits per heavy atom. The average Bonchev–Trinajstić information content (AvgIpc) is 2.88. The maximum Gasteiger partial charge on any atom is 0.242 e. The molecule has 3 aromatic rings. The second kappa shape index (κ2) is 12.2. The van der Waals surface area contributed by atoms with E-state index in [0.717, 1.165) is 51.3 Å². The van der Waals surface area contributed by atoms with Gasteiger partial charge in [-0.3, -0.25) is 4.90 Å². The maximum atomic E-state index is 13.1. The molecule has 0 aliphatic carbocycles. The number of nitrogens with zero attached hydrogens (tertiary/aromatic N) is 3. The largest absolute Gasteiger partial charge is 0.301 e. The second-order valence-electron chi connectivity index (χ2n) is 9.24. The predicted octanol–water partition coefficient (Wildman–Crippen LogP) is 4.95. The fraction of sp³-hybridized carbons (Fsp3) is 0.357. The third-order valence-electron chi connectivity index (χ3n) is 6.76. The molecule has 1 atom stereocenters. The zero-order valence-corrected chi connectivity index (χ0v) is 21.8. The predicted molar refractivity (Wildman–Crippen MR) is 143 cm³/mol. The Labute approximate surface area is 215 Å². The van der Waals surface area contributed by atoms with E-state index >= 15 is 0 Å². The lowest BCUT2D eigenvalue weighted by Gasteiger charge is -2.35.